The van der Waals surface area contributed by atoms with Crippen molar-refractivity contribution in [2.45, 2.75) is 51.7 Å². The minimum atomic E-state index is -0.232. The van der Waals surface area contributed by atoms with Gasteiger partial charge in [0, 0.05) is 51.0 Å². The van der Waals surface area contributed by atoms with E-state index in [-0.39, 0.29) is 17.7 Å². The van der Waals surface area contributed by atoms with Crippen molar-refractivity contribution in [3.05, 3.63) is 101 Å². The number of nitrogens with zero attached hydrogens (tertiary/aromatic N) is 3. The third-order valence-electron chi connectivity index (χ3n) is 8.11. The monoisotopic (exact) mass is 489 g/mol. The van der Waals surface area contributed by atoms with Crippen LogP contribution in [-0.2, 0) is 13.0 Å². The van der Waals surface area contributed by atoms with Gasteiger partial charge in [0.25, 0.3) is 0 Å². The van der Waals surface area contributed by atoms with E-state index in [2.05, 4.69) is 46.7 Å². The van der Waals surface area contributed by atoms with E-state index in [1.54, 1.807) is 0 Å². The molecule has 0 saturated carbocycles. The Balaban J connectivity index is 1.27. The third-order valence-corrected chi connectivity index (χ3v) is 8.11. The lowest BCUT2D eigenvalue weighted by molar-refractivity contribution is 0.0842. The number of halogens is 2. The summed E-state index contributed by atoms with van der Waals surface area (Å²) >= 11 is 0. The van der Waals surface area contributed by atoms with Crippen LogP contribution < -0.4 is 4.90 Å². The van der Waals surface area contributed by atoms with E-state index in [9.17, 15) is 8.78 Å². The van der Waals surface area contributed by atoms with Gasteiger partial charge in [0.1, 0.15) is 11.6 Å². The predicted octanol–water partition coefficient (Wildman–Crippen LogP) is 6.42. The molecule has 0 amide bonds. The first-order valence-corrected chi connectivity index (χ1v) is 13.4. The fourth-order valence-electron chi connectivity index (χ4n) is 6.07. The van der Waals surface area contributed by atoms with Crippen LogP contribution in [0.4, 0.5) is 14.5 Å². The molecule has 5 heteroatoms. The highest BCUT2D eigenvalue weighted by molar-refractivity contribution is 5.51. The highest BCUT2D eigenvalue weighted by atomic mass is 19.1. The number of benzene rings is 3. The number of fused-ring (bicyclic) bond motifs is 1. The fraction of sp³-hybridized carbons (Fsp3) is 0.419. The first-order valence-electron chi connectivity index (χ1n) is 13.4. The lowest BCUT2D eigenvalue weighted by Crippen LogP contribution is -2.47. The van der Waals surface area contributed by atoms with Gasteiger partial charge in [-0.2, -0.15) is 0 Å². The van der Waals surface area contributed by atoms with Gasteiger partial charge in [0.05, 0.1) is 6.04 Å². The lowest BCUT2D eigenvalue weighted by Gasteiger charge is -2.43. The average Bonchev–Trinajstić information content (AvgIpc) is 2.92. The van der Waals surface area contributed by atoms with E-state index < -0.39 is 0 Å². The molecule has 1 fully saturated rings. The quantitative estimate of drug-likeness (QED) is 0.379. The van der Waals surface area contributed by atoms with Gasteiger partial charge in [-0.15, -0.1) is 0 Å². The lowest BCUT2D eigenvalue weighted by atomic mass is 9.92. The molecule has 1 saturated heterocycles. The van der Waals surface area contributed by atoms with Crippen molar-refractivity contribution in [3.63, 3.8) is 0 Å². The Kier molecular flexibility index (Phi) is 7.68. The van der Waals surface area contributed by atoms with Crippen molar-refractivity contribution < 1.29 is 8.78 Å². The van der Waals surface area contributed by atoms with Crippen LogP contribution in [0.5, 0.6) is 0 Å². The van der Waals surface area contributed by atoms with Crippen molar-refractivity contribution >= 4 is 5.69 Å². The molecule has 36 heavy (non-hydrogen) atoms. The van der Waals surface area contributed by atoms with E-state index in [0.29, 0.717) is 6.04 Å². The highest BCUT2D eigenvalue weighted by Gasteiger charge is 2.31. The number of likely N-dealkylation sites (tertiary alicyclic amines) is 1. The maximum atomic E-state index is 13.6. The van der Waals surface area contributed by atoms with E-state index in [1.165, 1.54) is 41.1 Å². The van der Waals surface area contributed by atoms with Gasteiger partial charge in [-0.1, -0.05) is 30.3 Å². The number of rotatable bonds is 7. The van der Waals surface area contributed by atoms with Crippen molar-refractivity contribution in [1.29, 1.82) is 0 Å². The predicted molar refractivity (Wildman–Crippen MR) is 143 cm³/mol. The van der Waals surface area contributed by atoms with Gasteiger partial charge in [-0.3, -0.25) is 9.80 Å². The molecule has 5 rings (SSSR count). The van der Waals surface area contributed by atoms with Gasteiger partial charge in [0.2, 0.25) is 0 Å². The molecule has 3 aromatic carbocycles. The maximum Gasteiger partial charge on any atom is 0.123 e. The molecule has 0 radical (unpaired) electrons. The molecule has 3 aromatic rings. The number of anilines is 1. The van der Waals surface area contributed by atoms with Gasteiger partial charge in [-0.05, 0) is 91.8 Å². The summed E-state index contributed by atoms with van der Waals surface area (Å²) in [6, 6.07) is 21.2. The third kappa shape index (κ3) is 5.33. The smallest absolute Gasteiger partial charge is 0.123 e. The Bertz CT molecular complexity index is 1090. The zero-order valence-corrected chi connectivity index (χ0v) is 21.5. The topological polar surface area (TPSA) is 9.72 Å². The molecule has 0 atom stereocenters. The van der Waals surface area contributed by atoms with Crippen molar-refractivity contribution in [2.75, 3.05) is 37.6 Å². The van der Waals surface area contributed by atoms with Crippen LogP contribution in [0.3, 0.4) is 0 Å². The Hall–Kier alpha value is -2.76. The summed E-state index contributed by atoms with van der Waals surface area (Å²) in [5.41, 5.74) is 6.42. The zero-order chi connectivity index (χ0) is 25.1. The second-order valence-electron chi connectivity index (χ2n) is 10.1. The largest absolute Gasteiger partial charge is 0.372 e. The van der Waals surface area contributed by atoms with Crippen molar-refractivity contribution in [3.8, 4) is 0 Å². The molecule has 2 heterocycles. The second-order valence-corrected chi connectivity index (χ2v) is 10.1. The summed E-state index contributed by atoms with van der Waals surface area (Å²) in [5, 5.41) is 0. The first kappa shape index (κ1) is 24.9. The standard InChI is InChI=1S/C31H37F2N3/c1-3-34(4-2)30-14-9-26-22-36(18-15-25(26)21-30)29-16-19-35(20-17-29)31(23-5-10-27(32)11-6-23)24-7-12-28(33)13-8-24/h5-14,21,29,31H,3-4,15-20,22H2,1-2H3. The molecule has 0 spiro atoms. The van der Waals surface area contributed by atoms with Gasteiger partial charge < -0.3 is 4.90 Å². The van der Waals surface area contributed by atoms with Crippen LogP contribution in [-0.4, -0.2) is 48.6 Å². The molecule has 0 unspecified atom stereocenters. The van der Waals surface area contributed by atoms with Gasteiger partial charge in [0.15, 0.2) is 0 Å². The Morgan fingerprint density at radius 1 is 0.778 bits per heavy atom. The zero-order valence-electron chi connectivity index (χ0n) is 21.5. The molecule has 0 aliphatic carbocycles. The van der Waals surface area contributed by atoms with E-state index in [1.807, 2.05) is 24.3 Å². The summed E-state index contributed by atoms with van der Waals surface area (Å²) < 4.78 is 27.3. The summed E-state index contributed by atoms with van der Waals surface area (Å²) in [6.07, 6.45) is 3.32. The normalized spacial score (nSPS) is 17.4. The molecule has 0 aromatic heterocycles. The first-order chi connectivity index (χ1) is 17.6. The minimum Gasteiger partial charge on any atom is -0.372 e. The molecule has 2 aliphatic rings. The van der Waals surface area contributed by atoms with Crippen LogP contribution in [0.1, 0.15) is 55.0 Å². The Morgan fingerprint density at radius 3 is 1.92 bits per heavy atom. The fourth-order valence-corrected chi connectivity index (χ4v) is 6.07. The van der Waals surface area contributed by atoms with Crippen molar-refractivity contribution in [1.82, 2.24) is 9.80 Å². The molecule has 3 nitrogen and oxygen atoms in total. The molecule has 2 aliphatic heterocycles. The molecular formula is C31H37F2N3. The van der Waals surface area contributed by atoms with Crippen LogP contribution in [0.2, 0.25) is 0 Å². The Morgan fingerprint density at radius 2 is 1.36 bits per heavy atom. The van der Waals surface area contributed by atoms with Crippen LogP contribution in [0.25, 0.3) is 0 Å². The van der Waals surface area contributed by atoms with E-state index in [4.69, 9.17) is 0 Å². The number of hydrogen-bond acceptors (Lipinski definition) is 3. The Labute approximate surface area is 214 Å². The highest BCUT2D eigenvalue weighted by Crippen LogP contribution is 2.34. The number of piperidine rings is 1. The minimum absolute atomic E-state index is 0.00716. The number of hydrogen-bond donors (Lipinski definition) is 0. The summed E-state index contributed by atoms with van der Waals surface area (Å²) in [7, 11) is 0. The maximum absolute atomic E-state index is 13.6. The molecule has 0 N–H and O–H groups in total. The van der Waals surface area contributed by atoms with Crippen LogP contribution in [0.15, 0.2) is 66.7 Å². The molecular weight excluding hydrogens is 452 g/mol. The second kappa shape index (κ2) is 11.1. The molecule has 0 bridgehead atoms. The SMILES string of the molecule is CCN(CC)c1ccc2c(c1)CCN(C1CCN(C(c3ccc(F)cc3)c3ccc(F)cc3)CC1)C2. The van der Waals surface area contributed by atoms with E-state index >= 15 is 0 Å². The summed E-state index contributed by atoms with van der Waals surface area (Å²) in [4.78, 5) is 7.56. The average molecular weight is 490 g/mol. The van der Waals surface area contributed by atoms with Crippen LogP contribution in [0, 0.1) is 11.6 Å². The van der Waals surface area contributed by atoms with Gasteiger partial charge in [-0.25, -0.2) is 8.78 Å². The van der Waals surface area contributed by atoms with Crippen LogP contribution >= 0.6 is 0 Å². The molecule has 190 valence electrons. The summed E-state index contributed by atoms with van der Waals surface area (Å²) in [5.74, 6) is -0.463. The summed E-state index contributed by atoms with van der Waals surface area (Å²) in [6.45, 7) is 10.6. The van der Waals surface area contributed by atoms with Gasteiger partial charge >= 0.3 is 0 Å². The van der Waals surface area contributed by atoms with E-state index in [0.717, 1.165) is 69.7 Å². The van der Waals surface area contributed by atoms with Crippen molar-refractivity contribution in [2.24, 2.45) is 0 Å².